The van der Waals surface area contributed by atoms with Gasteiger partial charge in [-0.05, 0) is 12.1 Å². The van der Waals surface area contributed by atoms with Crippen LogP contribution in [0.2, 0.25) is 0 Å². The minimum absolute atomic E-state index is 0.195. The van der Waals surface area contributed by atoms with E-state index in [0.29, 0.717) is 5.56 Å². The van der Waals surface area contributed by atoms with Crippen LogP contribution in [-0.2, 0) is 4.74 Å². The molecule has 0 bridgehead atoms. The van der Waals surface area contributed by atoms with Crippen LogP contribution in [0.5, 0.6) is 0 Å². The van der Waals surface area contributed by atoms with Crippen LogP contribution in [0.15, 0.2) is 30.3 Å². The summed E-state index contributed by atoms with van der Waals surface area (Å²) in [6.45, 7) is 0. The van der Waals surface area contributed by atoms with Gasteiger partial charge >= 0.3 is 5.97 Å². The van der Waals surface area contributed by atoms with Crippen molar-refractivity contribution in [1.29, 1.82) is 10.5 Å². The fraction of sp³-hybridized carbons (Fsp3) is 0.250. The van der Waals surface area contributed by atoms with Crippen LogP contribution < -0.4 is 0 Å². The standard InChI is InChI=1S/C12H10N2O2/c13-8-4-7-11(9-14)16-12(15)10-5-2-1-3-6-10/h1-3,5-6,11H,4,7H2. The summed E-state index contributed by atoms with van der Waals surface area (Å²) in [5.74, 6) is -0.537. The third-order valence-electron chi connectivity index (χ3n) is 1.92. The minimum Gasteiger partial charge on any atom is -0.443 e. The van der Waals surface area contributed by atoms with Gasteiger partial charge in [0.2, 0.25) is 0 Å². The molecule has 0 aliphatic rings. The first-order chi connectivity index (χ1) is 7.77. The molecule has 4 nitrogen and oxygen atoms in total. The molecule has 0 saturated carbocycles. The topological polar surface area (TPSA) is 73.9 Å². The number of ether oxygens (including phenoxy) is 1. The fourth-order valence-electron chi connectivity index (χ4n) is 1.12. The Balaban J connectivity index is 2.57. The molecule has 0 spiro atoms. The SMILES string of the molecule is N#CCCC(C#N)OC(=O)c1ccccc1. The van der Waals surface area contributed by atoms with Gasteiger partial charge in [0.1, 0.15) is 6.07 Å². The number of benzene rings is 1. The molecule has 0 aromatic heterocycles. The monoisotopic (exact) mass is 214 g/mol. The van der Waals surface area contributed by atoms with Crippen LogP contribution in [0, 0.1) is 22.7 Å². The van der Waals surface area contributed by atoms with E-state index in [1.807, 2.05) is 12.1 Å². The van der Waals surface area contributed by atoms with Gasteiger partial charge in [0.15, 0.2) is 6.10 Å². The Bertz CT molecular complexity index is 429. The van der Waals surface area contributed by atoms with Crippen molar-refractivity contribution in [2.45, 2.75) is 18.9 Å². The van der Waals surface area contributed by atoms with Crippen molar-refractivity contribution in [2.75, 3.05) is 0 Å². The van der Waals surface area contributed by atoms with Crippen molar-refractivity contribution in [3.63, 3.8) is 0 Å². The maximum absolute atomic E-state index is 11.5. The summed E-state index contributed by atoms with van der Waals surface area (Å²) in [5.41, 5.74) is 0.403. The Kier molecular flexibility index (Phi) is 4.56. The lowest BCUT2D eigenvalue weighted by Gasteiger charge is -2.08. The van der Waals surface area contributed by atoms with Crippen LogP contribution in [0.25, 0.3) is 0 Å². The summed E-state index contributed by atoms with van der Waals surface area (Å²) >= 11 is 0. The predicted octanol–water partition coefficient (Wildman–Crippen LogP) is 2.04. The Morgan fingerprint density at radius 2 is 2.00 bits per heavy atom. The summed E-state index contributed by atoms with van der Waals surface area (Å²) in [6.07, 6.45) is -0.418. The van der Waals surface area contributed by atoms with Crippen LogP contribution in [0.4, 0.5) is 0 Å². The number of esters is 1. The van der Waals surface area contributed by atoms with Gasteiger partial charge in [0.25, 0.3) is 0 Å². The Morgan fingerprint density at radius 1 is 1.31 bits per heavy atom. The minimum atomic E-state index is -0.854. The van der Waals surface area contributed by atoms with E-state index in [1.54, 1.807) is 30.3 Å². The summed E-state index contributed by atoms with van der Waals surface area (Å²) in [4.78, 5) is 11.5. The molecule has 0 radical (unpaired) electrons. The summed E-state index contributed by atoms with van der Waals surface area (Å²) in [7, 11) is 0. The molecule has 0 heterocycles. The summed E-state index contributed by atoms with van der Waals surface area (Å²) < 4.78 is 4.94. The second-order valence-electron chi connectivity index (χ2n) is 3.09. The maximum Gasteiger partial charge on any atom is 0.339 e. The van der Waals surface area contributed by atoms with Crippen LogP contribution in [0.3, 0.4) is 0 Å². The molecule has 4 heteroatoms. The van der Waals surface area contributed by atoms with Crippen molar-refractivity contribution in [1.82, 2.24) is 0 Å². The lowest BCUT2D eigenvalue weighted by molar-refractivity contribution is 0.0395. The van der Waals surface area contributed by atoms with Crippen LogP contribution in [-0.4, -0.2) is 12.1 Å². The lowest BCUT2D eigenvalue weighted by Crippen LogP contribution is -2.16. The molecular formula is C12H10N2O2. The molecule has 0 saturated heterocycles. The second kappa shape index (κ2) is 6.21. The molecular weight excluding hydrogens is 204 g/mol. The van der Waals surface area contributed by atoms with Crippen molar-refractivity contribution < 1.29 is 9.53 Å². The Hall–Kier alpha value is -2.33. The lowest BCUT2D eigenvalue weighted by atomic mass is 10.2. The molecule has 0 aliphatic carbocycles. The van der Waals surface area contributed by atoms with Crippen LogP contribution >= 0.6 is 0 Å². The summed E-state index contributed by atoms with van der Waals surface area (Å²) in [5, 5.41) is 17.1. The fourth-order valence-corrected chi connectivity index (χ4v) is 1.12. The molecule has 80 valence electrons. The predicted molar refractivity (Wildman–Crippen MR) is 56.1 cm³/mol. The van der Waals surface area contributed by atoms with E-state index in [0.717, 1.165) is 0 Å². The first kappa shape index (κ1) is 11.7. The highest BCUT2D eigenvalue weighted by Gasteiger charge is 2.14. The van der Waals surface area contributed by atoms with Gasteiger partial charge in [-0.25, -0.2) is 4.79 Å². The average molecular weight is 214 g/mol. The number of nitriles is 2. The van der Waals surface area contributed by atoms with Crippen molar-refractivity contribution in [3.8, 4) is 12.1 Å². The molecule has 0 aliphatic heterocycles. The first-order valence-corrected chi connectivity index (χ1v) is 4.80. The van der Waals surface area contributed by atoms with Crippen LogP contribution in [0.1, 0.15) is 23.2 Å². The molecule has 1 atom stereocenters. The van der Waals surface area contributed by atoms with E-state index in [9.17, 15) is 4.79 Å². The van der Waals surface area contributed by atoms with E-state index in [4.69, 9.17) is 15.3 Å². The van der Waals surface area contributed by atoms with E-state index < -0.39 is 12.1 Å². The third-order valence-corrected chi connectivity index (χ3v) is 1.92. The van der Waals surface area contributed by atoms with E-state index in [2.05, 4.69) is 0 Å². The Morgan fingerprint density at radius 3 is 2.56 bits per heavy atom. The molecule has 1 unspecified atom stereocenters. The zero-order valence-corrected chi connectivity index (χ0v) is 8.59. The highest BCUT2D eigenvalue weighted by Crippen LogP contribution is 2.07. The highest BCUT2D eigenvalue weighted by molar-refractivity contribution is 5.89. The van der Waals surface area contributed by atoms with Gasteiger partial charge in [-0.15, -0.1) is 0 Å². The quantitative estimate of drug-likeness (QED) is 0.719. The van der Waals surface area contributed by atoms with Gasteiger partial charge in [0.05, 0.1) is 11.6 Å². The van der Waals surface area contributed by atoms with Crippen molar-refractivity contribution >= 4 is 5.97 Å². The molecule has 16 heavy (non-hydrogen) atoms. The molecule has 0 fully saturated rings. The summed E-state index contributed by atoms with van der Waals surface area (Å²) in [6, 6.07) is 12.2. The van der Waals surface area contributed by atoms with Gasteiger partial charge < -0.3 is 4.74 Å². The number of carbonyl (C=O) groups excluding carboxylic acids is 1. The number of hydrogen-bond donors (Lipinski definition) is 0. The number of hydrogen-bond acceptors (Lipinski definition) is 4. The Labute approximate surface area is 93.7 Å². The van der Waals surface area contributed by atoms with Gasteiger partial charge in [-0.2, -0.15) is 10.5 Å². The van der Waals surface area contributed by atoms with Gasteiger partial charge in [-0.3, -0.25) is 0 Å². The molecule has 1 aromatic carbocycles. The third kappa shape index (κ3) is 3.43. The van der Waals surface area contributed by atoms with Gasteiger partial charge in [0, 0.05) is 12.8 Å². The average Bonchev–Trinajstić information content (AvgIpc) is 2.35. The largest absolute Gasteiger partial charge is 0.443 e. The zero-order valence-electron chi connectivity index (χ0n) is 8.59. The highest BCUT2D eigenvalue weighted by atomic mass is 16.5. The number of nitrogens with zero attached hydrogens (tertiary/aromatic N) is 2. The molecule has 1 rings (SSSR count). The van der Waals surface area contributed by atoms with E-state index in [1.165, 1.54) is 0 Å². The smallest absolute Gasteiger partial charge is 0.339 e. The van der Waals surface area contributed by atoms with E-state index >= 15 is 0 Å². The zero-order chi connectivity index (χ0) is 11.8. The number of carbonyl (C=O) groups is 1. The normalized spacial score (nSPS) is 10.9. The first-order valence-electron chi connectivity index (χ1n) is 4.80. The van der Waals surface area contributed by atoms with E-state index in [-0.39, 0.29) is 12.8 Å². The second-order valence-corrected chi connectivity index (χ2v) is 3.09. The molecule has 0 amide bonds. The van der Waals surface area contributed by atoms with Crippen molar-refractivity contribution in [3.05, 3.63) is 35.9 Å². The van der Waals surface area contributed by atoms with Gasteiger partial charge in [-0.1, -0.05) is 18.2 Å². The maximum atomic E-state index is 11.5. The molecule has 0 N–H and O–H groups in total. The number of rotatable bonds is 4. The molecule has 1 aromatic rings. The van der Waals surface area contributed by atoms with Crippen molar-refractivity contribution in [2.24, 2.45) is 0 Å².